The summed E-state index contributed by atoms with van der Waals surface area (Å²) in [5.74, 6) is 3.50. The smallest absolute Gasteiger partial charge is 0.241 e. The van der Waals surface area contributed by atoms with Crippen molar-refractivity contribution >= 4 is 11.6 Å². The van der Waals surface area contributed by atoms with Crippen molar-refractivity contribution in [2.75, 3.05) is 12.4 Å². The molecule has 1 amide bonds. The monoisotopic (exact) mass is 356 g/mol. The van der Waals surface area contributed by atoms with Gasteiger partial charge in [-0.2, -0.15) is 0 Å². The number of nitrogens with one attached hydrogen (secondary N) is 2. The number of carbonyl (C=O) groups is 1. The molecule has 0 aliphatic heterocycles. The van der Waals surface area contributed by atoms with Gasteiger partial charge >= 0.3 is 0 Å². The average molecular weight is 357 g/mol. The highest BCUT2D eigenvalue weighted by molar-refractivity contribution is 5.95. The van der Waals surface area contributed by atoms with E-state index in [4.69, 9.17) is 4.74 Å². The van der Waals surface area contributed by atoms with Gasteiger partial charge in [0.05, 0.1) is 18.8 Å². The molecule has 142 valence electrons. The molecule has 4 fully saturated rings. The van der Waals surface area contributed by atoms with Gasteiger partial charge < -0.3 is 15.4 Å². The maximum atomic E-state index is 12.7. The molecule has 4 bridgehead atoms. The zero-order chi connectivity index (χ0) is 18.3. The van der Waals surface area contributed by atoms with Gasteiger partial charge in [0.25, 0.3) is 0 Å². The molecule has 2 atom stereocenters. The van der Waals surface area contributed by atoms with Crippen LogP contribution in [0.5, 0.6) is 5.75 Å². The molecule has 26 heavy (non-hydrogen) atoms. The predicted molar refractivity (Wildman–Crippen MR) is 104 cm³/mol. The lowest BCUT2D eigenvalue weighted by Crippen LogP contribution is -2.57. The largest absolute Gasteiger partial charge is 0.495 e. The normalized spacial score (nSPS) is 34.3. The summed E-state index contributed by atoms with van der Waals surface area (Å²) in [5, 5.41) is 6.66. The van der Waals surface area contributed by atoms with Crippen LogP contribution in [-0.2, 0) is 4.79 Å². The van der Waals surface area contributed by atoms with Crippen LogP contribution in [0.25, 0.3) is 0 Å². The molecule has 0 aromatic heterocycles. The van der Waals surface area contributed by atoms with Crippen LogP contribution >= 0.6 is 0 Å². The predicted octanol–water partition coefficient (Wildman–Crippen LogP) is 4.22. The molecule has 4 heteroatoms. The number of amides is 1. The van der Waals surface area contributed by atoms with E-state index in [9.17, 15) is 4.79 Å². The molecule has 4 nitrogen and oxygen atoms in total. The van der Waals surface area contributed by atoms with Crippen LogP contribution in [0, 0.1) is 23.2 Å². The maximum absolute atomic E-state index is 12.7. The molecule has 5 rings (SSSR count). The summed E-state index contributed by atoms with van der Waals surface area (Å²) in [6, 6.07) is 7.73. The fourth-order valence-electron chi connectivity index (χ4n) is 6.32. The number of rotatable bonds is 6. The Labute approximate surface area is 157 Å². The molecule has 0 heterocycles. The van der Waals surface area contributed by atoms with Gasteiger partial charge in [0.2, 0.25) is 5.91 Å². The molecule has 0 saturated heterocycles. The van der Waals surface area contributed by atoms with Crippen molar-refractivity contribution in [3.63, 3.8) is 0 Å². The Kier molecular flexibility index (Phi) is 4.72. The van der Waals surface area contributed by atoms with E-state index < -0.39 is 0 Å². The van der Waals surface area contributed by atoms with Crippen molar-refractivity contribution in [2.45, 2.75) is 64.5 Å². The molecular formula is C22H32N2O2. The quantitative estimate of drug-likeness (QED) is 0.802. The summed E-state index contributed by atoms with van der Waals surface area (Å²) in [6.45, 7) is 4.28. The first-order valence-electron chi connectivity index (χ1n) is 10.2. The van der Waals surface area contributed by atoms with Crippen LogP contribution in [0.1, 0.15) is 52.4 Å². The molecule has 0 spiro atoms. The van der Waals surface area contributed by atoms with Gasteiger partial charge in [0.1, 0.15) is 5.75 Å². The second kappa shape index (κ2) is 6.88. The minimum Gasteiger partial charge on any atom is -0.495 e. The van der Waals surface area contributed by atoms with Gasteiger partial charge in [-0.3, -0.25) is 4.79 Å². The van der Waals surface area contributed by atoms with Gasteiger partial charge in [0, 0.05) is 6.04 Å². The zero-order valence-electron chi connectivity index (χ0n) is 16.3. The molecule has 1 aromatic rings. The summed E-state index contributed by atoms with van der Waals surface area (Å²) >= 11 is 0. The van der Waals surface area contributed by atoms with E-state index in [-0.39, 0.29) is 11.9 Å². The van der Waals surface area contributed by atoms with E-state index in [1.54, 1.807) is 7.11 Å². The number of para-hydroxylation sites is 2. The topological polar surface area (TPSA) is 50.4 Å². The number of hydrogen-bond acceptors (Lipinski definition) is 3. The van der Waals surface area contributed by atoms with E-state index in [2.05, 4.69) is 17.6 Å². The second-order valence-corrected chi connectivity index (χ2v) is 9.08. The van der Waals surface area contributed by atoms with Crippen molar-refractivity contribution in [1.82, 2.24) is 5.32 Å². The lowest BCUT2D eigenvalue weighted by atomic mass is 9.48. The van der Waals surface area contributed by atoms with Crippen molar-refractivity contribution in [3.8, 4) is 5.75 Å². The SMILES string of the molecule is COc1ccccc1NC(=O)[C@H](C)N[C@@H](C)C12CC3CC(CC(C3)C1)C2. The van der Waals surface area contributed by atoms with Crippen LogP contribution < -0.4 is 15.4 Å². The Morgan fingerprint density at radius 3 is 2.23 bits per heavy atom. The second-order valence-electron chi connectivity index (χ2n) is 9.08. The Hall–Kier alpha value is -1.55. The molecule has 4 aliphatic rings. The van der Waals surface area contributed by atoms with Gasteiger partial charge in [-0.05, 0) is 87.7 Å². The summed E-state index contributed by atoms with van der Waals surface area (Å²) in [5.41, 5.74) is 1.14. The highest BCUT2D eigenvalue weighted by atomic mass is 16.5. The average Bonchev–Trinajstić information content (AvgIpc) is 2.61. The van der Waals surface area contributed by atoms with Gasteiger partial charge in [-0.1, -0.05) is 12.1 Å². The highest BCUT2D eigenvalue weighted by Gasteiger charge is 2.53. The minimum absolute atomic E-state index is 0.00563. The first kappa shape index (κ1) is 17.8. The lowest BCUT2D eigenvalue weighted by Gasteiger charge is -2.59. The third kappa shape index (κ3) is 3.24. The summed E-state index contributed by atoms with van der Waals surface area (Å²) < 4.78 is 5.34. The minimum atomic E-state index is -0.220. The van der Waals surface area contributed by atoms with Crippen LogP contribution in [0.4, 0.5) is 5.69 Å². The first-order valence-corrected chi connectivity index (χ1v) is 10.2. The molecule has 0 unspecified atom stereocenters. The third-order valence-corrected chi connectivity index (χ3v) is 7.26. The van der Waals surface area contributed by atoms with Crippen molar-refractivity contribution in [1.29, 1.82) is 0 Å². The Balaban J connectivity index is 1.40. The summed E-state index contributed by atoms with van der Waals surface area (Å²) in [4.78, 5) is 12.7. The number of ether oxygens (including phenoxy) is 1. The molecule has 1 aromatic carbocycles. The molecular weight excluding hydrogens is 324 g/mol. The lowest BCUT2D eigenvalue weighted by molar-refractivity contribution is -0.119. The van der Waals surface area contributed by atoms with E-state index in [1.807, 2.05) is 31.2 Å². The summed E-state index contributed by atoms with van der Waals surface area (Å²) in [7, 11) is 1.63. The van der Waals surface area contributed by atoms with Crippen LogP contribution in [0.15, 0.2) is 24.3 Å². The maximum Gasteiger partial charge on any atom is 0.241 e. The Morgan fingerprint density at radius 2 is 1.65 bits per heavy atom. The van der Waals surface area contributed by atoms with E-state index in [0.29, 0.717) is 17.2 Å². The van der Waals surface area contributed by atoms with Gasteiger partial charge in [-0.15, -0.1) is 0 Å². The third-order valence-electron chi connectivity index (χ3n) is 7.26. The van der Waals surface area contributed by atoms with Crippen molar-refractivity contribution < 1.29 is 9.53 Å². The summed E-state index contributed by atoms with van der Waals surface area (Å²) in [6.07, 6.45) is 8.43. The van der Waals surface area contributed by atoms with Crippen LogP contribution in [-0.4, -0.2) is 25.1 Å². The van der Waals surface area contributed by atoms with Crippen molar-refractivity contribution in [2.24, 2.45) is 23.2 Å². The standard InChI is InChI=1S/C22H32N2O2/c1-14(21(25)24-19-6-4-5-7-20(19)26-3)23-15(2)22-11-16-8-17(12-22)10-18(9-16)13-22/h4-7,14-18,23H,8-13H2,1-3H3,(H,24,25)/t14-,15-,16?,17?,18?,22?/m0/s1. The number of methoxy groups -OCH3 is 1. The van der Waals surface area contributed by atoms with E-state index in [0.717, 1.165) is 23.4 Å². The number of carbonyl (C=O) groups excluding carboxylic acids is 1. The molecule has 4 saturated carbocycles. The van der Waals surface area contributed by atoms with E-state index >= 15 is 0 Å². The molecule has 4 aliphatic carbocycles. The number of benzene rings is 1. The fraction of sp³-hybridized carbons (Fsp3) is 0.682. The Morgan fingerprint density at radius 1 is 1.08 bits per heavy atom. The first-order chi connectivity index (χ1) is 12.5. The number of hydrogen-bond donors (Lipinski definition) is 2. The molecule has 0 radical (unpaired) electrons. The fourth-order valence-corrected chi connectivity index (χ4v) is 6.32. The van der Waals surface area contributed by atoms with Gasteiger partial charge in [-0.25, -0.2) is 0 Å². The van der Waals surface area contributed by atoms with Gasteiger partial charge in [0.15, 0.2) is 0 Å². The highest BCUT2D eigenvalue weighted by Crippen LogP contribution is 2.61. The number of anilines is 1. The van der Waals surface area contributed by atoms with Crippen molar-refractivity contribution in [3.05, 3.63) is 24.3 Å². The van der Waals surface area contributed by atoms with Crippen LogP contribution in [0.3, 0.4) is 0 Å². The molecule has 2 N–H and O–H groups in total. The van der Waals surface area contributed by atoms with Crippen LogP contribution in [0.2, 0.25) is 0 Å². The zero-order valence-corrected chi connectivity index (χ0v) is 16.3. The van der Waals surface area contributed by atoms with E-state index in [1.165, 1.54) is 38.5 Å². The Bertz CT molecular complexity index is 637.